The fourth-order valence-electron chi connectivity index (χ4n) is 2.39. The van der Waals surface area contributed by atoms with Crippen LogP contribution < -0.4 is 0 Å². The van der Waals surface area contributed by atoms with Gasteiger partial charge in [0.25, 0.3) is 0 Å². The van der Waals surface area contributed by atoms with E-state index in [1.165, 1.54) is 0 Å². The van der Waals surface area contributed by atoms with Gasteiger partial charge in [-0.2, -0.15) is 0 Å². The Morgan fingerprint density at radius 2 is 1.67 bits per heavy atom. The minimum atomic E-state index is -1.06. The van der Waals surface area contributed by atoms with Gasteiger partial charge in [0.05, 0.1) is 12.2 Å². The van der Waals surface area contributed by atoms with Crippen LogP contribution >= 0.6 is 0 Å². The number of nitrogens with zero attached hydrogens (tertiary/aromatic N) is 1. The smallest absolute Gasteiger partial charge is 0.316 e. The Kier molecular flexibility index (Phi) is 4.37. The molecule has 0 aromatic heterocycles. The summed E-state index contributed by atoms with van der Waals surface area (Å²) in [5.74, 6) is -2.37. The maximum atomic E-state index is 12.4. The van der Waals surface area contributed by atoms with Crippen LogP contribution in [0.25, 0.3) is 0 Å². The first-order valence-corrected chi connectivity index (χ1v) is 6.30. The van der Waals surface area contributed by atoms with Crippen LogP contribution in [-0.4, -0.2) is 47.2 Å². The number of aliphatic carboxylic acids is 1. The lowest BCUT2D eigenvalue weighted by molar-refractivity contribution is -0.162. The van der Waals surface area contributed by atoms with Crippen molar-refractivity contribution >= 4 is 11.9 Å². The number of hydrogen-bond donors (Lipinski definition) is 1. The number of carbonyl (C=O) groups is 2. The van der Waals surface area contributed by atoms with E-state index < -0.39 is 17.3 Å². The van der Waals surface area contributed by atoms with E-state index in [1.807, 2.05) is 13.8 Å². The van der Waals surface area contributed by atoms with Crippen molar-refractivity contribution < 1.29 is 19.4 Å². The molecule has 1 heterocycles. The molecule has 1 aliphatic heterocycles. The zero-order valence-corrected chi connectivity index (χ0v) is 11.8. The molecule has 1 fully saturated rings. The second kappa shape index (κ2) is 5.26. The number of hydrogen-bond acceptors (Lipinski definition) is 3. The van der Waals surface area contributed by atoms with Gasteiger partial charge in [-0.15, -0.1) is 0 Å². The lowest BCUT2D eigenvalue weighted by Gasteiger charge is -2.38. The van der Waals surface area contributed by atoms with Crippen LogP contribution in [0.4, 0.5) is 0 Å². The van der Waals surface area contributed by atoms with E-state index in [9.17, 15) is 14.7 Å². The highest BCUT2D eigenvalue weighted by Crippen LogP contribution is 2.29. The first kappa shape index (κ1) is 15.0. The molecule has 1 amide bonds. The van der Waals surface area contributed by atoms with E-state index in [-0.39, 0.29) is 18.1 Å². The number of amides is 1. The van der Waals surface area contributed by atoms with Gasteiger partial charge >= 0.3 is 5.97 Å². The summed E-state index contributed by atoms with van der Waals surface area (Å²) in [6, 6.07) is 0. The molecule has 3 unspecified atom stereocenters. The van der Waals surface area contributed by atoms with E-state index in [4.69, 9.17) is 4.74 Å². The zero-order valence-electron chi connectivity index (χ0n) is 11.8. The molecule has 0 aromatic rings. The van der Waals surface area contributed by atoms with Crippen LogP contribution in [0.1, 0.15) is 34.6 Å². The minimum absolute atomic E-state index is 0.0490. The van der Waals surface area contributed by atoms with E-state index in [2.05, 4.69) is 0 Å². The highest BCUT2D eigenvalue weighted by Gasteiger charge is 2.41. The van der Waals surface area contributed by atoms with Crippen LogP contribution in [0.15, 0.2) is 0 Å². The molecule has 0 aromatic carbocycles. The summed E-state index contributed by atoms with van der Waals surface area (Å²) >= 11 is 0. The fourth-order valence-corrected chi connectivity index (χ4v) is 2.39. The first-order valence-electron chi connectivity index (χ1n) is 6.30. The third-order valence-electron chi connectivity index (χ3n) is 3.09. The Morgan fingerprint density at radius 3 is 2.00 bits per heavy atom. The number of rotatable bonds is 2. The van der Waals surface area contributed by atoms with Crippen molar-refractivity contribution in [3.05, 3.63) is 0 Å². The Hall–Kier alpha value is -1.10. The number of ether oxygens (including phenoxy) is 1. The predicted molar refractivity (Wildman–Crippen MR) is 67.2 cm³/mol. The van der Waals surface area contributed by atoms with Gasteiger partial charge in [0.1, 0.15) is 5.92 Å². The number of carboxylic acids is 1. The van der Waals surface area contributed by atoms with E-state index in [0.29, 0.717) is 13.1 Å². The standard InChI is InChI=1S/C13H23NO4/c1-8-6-14(7-9(2)18-8)11(15)10(12(16)17)13(3,4)5/h8-10H,6-7H2,1-5H3,(H,16,17). The molecule has 1 aliphatic rings. The number of carbonyl (C=O) groups excluding carboxylic acids is 1. The predicted octanol–water partition coefficient (Wildman–Crippen LogP) is 1.37. The van der Waals surface area contributed by atoms with Crippen LogP contribution in [0.5, 0.6) is 0 Å². The highest BCUT2D eigenvalue weighted by atomic mass is 16.5. The second-order valence-corrected chi connectivity index (χ2v) is 6.14. The van der Waals surface area contributed by atoms with Crippen molar-refractivity contribution in [3.8, 4) is 0 Å². The van der Waals surface area contributed by atoms with Gasteiger partial charge in [0.15, 0.2) is 0 Å². The summed E-state index contributed by atoms with van der Waals surface area (Å²) in [4.78, 5) is 25.3. The molecular weight excluding hydrogens is 234 g/mol. The van der Waals surface area contributed by atoms with Crippen molar-refractivity contribution in [1.29, 1.82) is 0 Å². The Balaban J connectivity index is 2.87. The molecule has 0 saturated carbocycles. The van der Waals surface area contributed by atoms with E-state index in [1.54, 1.807) is 25.7 Å². The van der Waals surface area contributed by atoms with Gasteiger partial charge < -0.3 is 14.7 Å². The Morgan fingerprint density at radius 1 is 1.22 bits per heavy atom. The molecule has 1 rings (SSSR count). The molecule has 3 atom stereocenters. The molecule has 1 saturated heterocycles. The monoisotopic (exact) mass is 257 g/mol. The van der Waals surface area contributed by atoms with Crippen LogP contribution in [-0.2, 0) is 14.3 Å². The van der Waals surface area contributed by atoms with Gasteiger partial charge in [0, 0.05) is 13.1 Å². The number of morpholine rings is 1. The Labute approximate surface area is 108 Å². The summed E-state index contributed by atoms with van der Waals surface area (Å²) < 4.78 is 5.55. The fraction of sp³-hybridized carbons (Fsp3) is 0.846. The van der Waals surface area contributed by atoms with E-state index >= 15 is 0 Å². The summed E-state index contributed by atoms with van der Waals surface area (Å²) in [6.07, 6.45) is -0.0979. The van der Waals surface area contributed by atoms with Crippen molar-refractivity contribution in [1.82, 2.24) is 4.90 Å². The van der Waals surface area contributed by atoms with Crippen LogP contribution in [0.2, 0.25) is 0 Å². The topological polar surface area (TPSA) is 66.8 Å². The molecule has 5 heteroatoms. The van der Waals surface area contributed by atoms with Crippen molar-refractivity contribution in [2.75, 3.05) is 13.1 Å². The average molecular weight is 257 g/mol. The zero-order chi connectivity index (χ0) is 14.1. The summed E-state index contributed by atoms with van der Waals surface area (Å²) in [5.41, 5.74) is -0.590. The van der Waals surface area contributed by atoms with Gasteiger partial charge in [0.2, 0.25) is 5.91 Å². The lowest BCUT2D eigenvalue weighted by Crippen LogP contribution is -2.53. The quantitative estimate of drug-likeness (QED) is 0.759. The van der Waals surface area contributed by atoms with Gasteiger partial charge in [-0.1, -0.05) is 20.8 Å². The van der Waals surface area contributed by atoms with Gasteiger partial charge in [-0.25, -0.2) is 0 Å². The van der Waals surface area contributed by atoms with Crippen molar-refractivity contribution in [2.45, 2.75) is 46.8 Å². The van der Waals surface area contributed by atoms with Crippen LogP contribution in [0.3, 0.4) is 0 Å². The molecule has 18 heavy (non-hydrogen) atoms. The number of carboxylic acid groups (broad SMARTS) is 1. The SMILES string of the molecule is CC1CN(C(=O)C(C(=O)O)C(C)(C)C)CC(C)O1. The highest BCUT2D eigenvalue weighted by molar-refractivity contribution is 5.97. The maximum absolute atomic E-state index is 12.4. The molecule has 0 spiro atoms. The van der Waals surface area contributed by atoms with Crippen molar-refractivity contribution in [3.63, 3.8) is 0 Å². The normalized spacial score (nSPS) is 26.8. The van der Waals surface area contributed by atoms with Crippen molar-refractivity contribution in [2.24, 2.45) is 11.3 Å². The molecule has 0 bridgehead atoms. The molecule has 0 radical (unpaired) electrons. The molecule has 0 aliphatic carbocycles. The Bertz CT molecular complexity index is 324. The molecular formula is C13H23NO4. The molecule has 5 nitrogen and oxygen atoms in total. The third-order valence-corrected chi connectivity index (χ3v) is 3.09. The summed E-state index contributed by atoms with van der Waals surface area (Å²) in [7, 11) is 0. The largest absolute Gasteiger partial charge is 0.481 e. The summed E-state index contributed by atoms with van der Waals surface area (Å²) in [6.45, 7) is 10.0. The first-order chi connectivity index (χ1) is 8.12. The summed E-state index contributed by atoms with van der Waals surface area (Å²) in [5, 5.41) is 9.26. The van der Waals surface area contributed by atoms with Gasteiger partial charge in [-0.3, -0.25) is 9.59 Å². The van der Waals surface area contributed by atoms with Gasteiger partial charge in [-0.05, 0) is 19.3 Å². The molecule has 104 valence electrons. The third kappa shape index (κ3) is 3.45. The second-order valence-electron chi connectivity index (χ2n) is 6.14. The lowest BCUT2D eigenvalue weighted by atomic mass is 9.79. The average Bonchev–Trinajstić information content (AvgIpc) is 2.12. The van der Waals surface area contributed by atoms with E-state index in [0.717, 1.165) is 0 Å². The maximum Gasteiger partial charge on any atom is 0.316 e. The minimum Gasteiger partial charge on any atom is -0.481 e. The van der Waals surface area contributed by atoms with Crippen LogP contribution in [0, 0.1) is 11.3 Å². The molecule has 1 N–H and O–H groups in total.